The molecule has 0 bridgehead atoms. The molecule has 2 aliphatic rings. The van der Waals surface area contributed by atoms with E-state index in [9.17, 15) is 19.2 Å². The van der Waals surface area contributed by atoms with Gasteiger partial charge in [0.05, 0.1) is 14.2 Å². The van der Waals surface area contributed by atoms with Crippen molar-refractivity contribution in [1.29, 1.82) is 0 Å². The Morgan fingerprint density at radius 2 is 1.03 bits per heavy atom. The quantitative estimate of drug-likeness (QED) is 0.496. The van der Waals surface area contributed by atoms with Crippen LogP contribution >= 0.6 is 23.2 Å². The zero-order valence-electron chi connectivity index (χ0n) is 19.1. The number of carbonyl (C=O) groups excluding carboxylic acids is 4. The Morgan fingerprint density at radius 1 is 0.694 bits per heavy atom. The Morgan fingerprint density at radius 3 is 1.33 bits per heavy atom. The monoisotopic (exact) mass is 530 g/mol. The number of rotatable bonds is 7. The Balaban J connectivity index is 1.66. The second-order valence-electron chi connectivity index (χ2n) is 8.01. The highest BCUT2D eigenvalue weighted by molar-refractivity contribution is 6.30. The van der Waals surface area contributed by atoms with Gasteiger partial charge >= 0.3 is 11.9 Å². The van der Waals surface area contributed by atoms with Crippen LogP contribution in [-0.4, -0.2) is 49.9 Å². The van der Waals surface area contributed by atoms with E-state index in [-0.39, 0.29) is 11.5 Å². The van der Waals surface area contributed by atoms with Crippen LogP contribution in [0.15, 0.2) is 60.7 Å². The molecule has 36 heavy (non-hydrogen) atoms. The molecule has 0 aromatic heterocycles. The van der Waals surface area contributed by atoms with E-state index >= 15 is 0 Å². The number of hydrogen-bond donors (Lipinski definition) is 0. The Kier molecular flexibility index (Phi) is 7.47. The van der Waals surface area contributed by atoms with E-state index in [0.717, 1.165) is 14.2 Å². The summed E-state index contributed by atoms with van der Waals surface area (Å²) in [6, 6.07) is 13.0. The minimum Gasteiger partial charge on any atom is -0.481 e. The number of halogens is 2. The van der Waals surface area contributed by atoms with Crippen LogP contribution in [0.5, 0.6) is 0 Å². The van der Waals surface area contributed by atoms with E-state index in [0.29, 0.717) is 21.2 Å². The summed E-state index contributed by atoms with van der Waals surface area (Å²) in [5, 5.41) is 0.971. The number of esters is 2. The summed E-state index contributed by atoms with van der Waals surface area (Å²) in [6.07, 6.45) is -0.480. The third kappa shape index (κ3) is 5.01. The average molecular weight is 531 g/mol. The molecule has 0 radical (unpaired) electrons. The lowest BCUT2D eigenvalue weighted by atomic mass is 9.81. The van der Waals surface area contributed by atoms with Gasteiger partial charge in [-0.25, -0.2) is 0 Å². The molecule has 0 spiro atoms. The number of ether oxygens (including phenoxy) is 4. The zero-order chi connectivity index (χ0) is 26.0. The highest BCUT2D eigenvalue weighted by atomic mass is 35.5. The van der Waals surface area contributed by atoms with Crippen LogP contribution in [0.3, 0.4) is 0 Å². The Hall–Kier alpha value is -3.62. The van der Waals surface area contributed by atoms with Gasteiger partial charge in [0.2, 0.25) is 11.6 Å². The van der Waals surface area contributed by atoms with Crippen molar-refractivity contribution in [3.63, 3.8) is 0 Å². The van der Waals surface area contributed by atoms with Gasteiger partial charge in [0, 0.05) is 33.3 Å². The van der Waals surface area contributed by atoms with Crippen molar-refractivity contribution in [2.45, 2.75) is 12.2 Å². The fourth-order valence-corrected chi connectivity index (χ4v) is 4.35. The number of hydrogen-bond acceptors (Lipinski definition) is 8. The molecule has 2 heterocycles. The lowest BCUT2D eigenvalue weighted by Gasteiger charge is -2.30. The number of ketones is 2. The lowest BCUT2D eigenvalue weighted by molar-refractivity contribution is -0.169. The van der Waals surface area contributed by atoms with Gasteiger partial charge in [0.15, 0.2) is 12.2 Å². The maximum atomic E-state index is 13.0. The van der Waals surface area contributed by atoms with E-state index in [2.05, 4.69) is 0 Å². The van der Waals surface area contributed by atoms with Crippen molar-refractivity contribution in [2.75, 3.05) is 14.2 Å². The van der Waals surface area contributed by atoms with Crippen molar-refractivity contribution < 1.29 is 38.1 Å². The van der Waals surface area contributed by atoms with Crippen LogP contribution in [-0.2, 0) is 38.1 Å². The van der Waals surface area contributed by atoms with E-state index in [1.54, 1.807) is 48.5 Å². The van der Waals surface area contributed by atoms with Crippen molar-refractivity contribution in [3.8, 4) is 0 Å². The maximum absolute atomic E-state index is 13.0. The Bertz CT molecular complexity index is 1160. The first-order chi connectivity index (χ1) is 17.2. The molecule has 2 aromatic carbocycles. The van der Waals surface area contributed by atoms with Gasteiger partial charge < -0.3 is 18.9 Å². The SMILES string of the molecule is COC(=O)[C@H]([C@H](C(=O)OC)[C@@H]1OC(c2ccc(Cl)cc2)=CC1=O)[C@@H]1OC(c2ccc(Cl)cc2)=CC1=O. The van der Waals surface area contributed by atoms with Crippen LogP contribution in [0.25, 0.3) is 11.5 Å². The molecule has 186 valence electrons. The van der Waals surface area contributed by atoms with E-state index in [1.807, 2.05) is 0 Å². The molecule has 8 nitrogen and oxygen atoms in total. The predicted octanol–water partition coefficient (Wildman–Crippen LogP) is 3.89. The van der Waals surface area contributed by atoms with Crippen molar-refractivity contribution >= 4 is 58.2 Å². The van der Waals surface area contributed by atoms with Crippen LogP contribution < -0.4 is 0 Å². The first-order valence-electron chi connectivity index (χ1n) is 10.8. The lowest BCUT2D eigenvalue weighted by Crippen LogP contribution is -2.49. The molecule has 2 aliphatic heterocycles. The van der Waals surface area contributed by atoms with E-state index in [4.69, 9.17) is 42.1 Å². The van der Waals surface area contributed by atoms with Crippen LogP contribution in [0.1, 0.15) is 11.1 Å². The third-order valence-electron chi connectivity index (χ3n) is 5.86. The molecule has 0 aliphatic carbocycles. The summed E-state index contributed by atoms with van der Waals surface area (Å²) < 4.78 is 21.5. The van der Waals surface area contributed by atoms with E-state index in [1.165, 1.54) is 12.2 Å². The summed E-state index contributed by atoms with van der Waals surface area (Å²) in [7, 11) is 2.21. The highest BCUT2D eigenvalue weighted by Crippen LogP contribution is 2.38. The van der Waals surface area contributed by atoms with Gasteiger partial charge in [-0.3, -0.25) is 19.2 Å². The van der Waals surface area contributed by atoms with Gasteiger partial charge in [0.25, 0.3) is 0 Å². The molecular weight excluding hydrogens is 511 g/mol. The van der Waals surface area contributed by atoms with Gasteiger partial charge in [0.1, 0.15) is 23.4 Å². The maximum Gasteiger partial charge on any atom is 0.313 e. The minimum absolute atomic E-state index is 0.179. The standard InChI is InChI=1S/C26H20Cl2O8/c1-33-25(31)21(23-17(29)11-19(35-23)13-3-7-15(27)8-4-13)22(26(32)34-2)24-18(30)12-20(36-24)14-5-9-16(28)10-6-14/h3-12,21-24H,1-2H3/t21-,22+,23-,24-/m1/s1. The molecule has 10 heteroatoms. The van der Waals surface area contributed by atoms with Gasteiger partial charge in [-0.15, -0.1) is 0 Å². The highest BCUT2D eigenvalue weighted by Gasteiger charge is 2.54. The fourth-order valence-electron chi connectivity index (χ4n) is 4.10. The third-order valence-corrected chi connectivity index (χ3v) is 6.36. The summed E-state index contributed by atoms with van der Waals surface area (Å²) in [4.78, 5) is 51.8. The topological polar surface area (TPSA) is 105 Å². The molecular formula is C26H20Cl2O8. The molecule has 4 rings (SSSR count). The van der Waals surface area contributed by atoms with Crippen LogP contribution in [0.4, 0.5) is 0 Å². The molecule has 2 aromatic rings. The van der Waals surface area contributed by atoms with Gasteiger partial charge in [-0.2, -0.15) is 0 Å². The first-order valence-corrected chi connectivity index (χ1v) is 11.5. The second-order valence-corrected chi connectivity index (χ2v) is 8.88. The van der Waals surface area contributed by atoms with Crippen molar-refractivity contribution in [2.24, 2.45) is 11.8 Å². The molecule has 0 amide bonds. The minimum atomic E-state index is -1.54. The summed E-state index contributed by atoms with van der Waals surface area (Å²) in [5.41, 5.74) is 1.07. The number of benzene rings is 2. The molecule has 0 saturated carbocycles. The van der Waals surface area contributed by atoms with E-state index < -0.39 is 47.5 Å². The van der Waals surface area contributed by atoms with Gasteiger partial charge in [-0.05, 0) is 48.5 Å². The Labute approximate surface area is 216 Å². The summed E-state index contributed by atoms with van der Waals surface area (Å²) in [6.45, 7) is 0. The normalized spacial score (nSPS) is 20.6. The zero-order valence-corrected chi connectivity index (χ0v) is 20.6. The van der Waals surface area contributed by atoms with Crippen molar-refractivity contribution in [3.05, 3.63) is 81.9 Å². The fraction of sp³-hybridized carbons (Fsp3) is 0.231. The van der Waals surface area contributed by atoms with Crippen LogP contribution in [0, 0.1) is 11.8 Å². The molecule has 0 saturated heterocycles. The first kappa shape index (κ1) is 25.5. The molecule has 0 N–H and O–H groups in total. The predicted molar refractivity (Wildman–Crippen MR) is 130 cm³/mol. The smallest absolute Gasteiger partial charge is 0.313 e. The molecule has 0 fully saturated rings. The van der Waals surface area contributed by atoms with Crippen molar-refractivity contribution in [1.82, 2.24) is 0 Å². The molecule has 4 atom stereocenters. The number of methoxy groups -OCH3 is 2. The largest absolute Gasteiger partial charge is 0.481 e. The van der Waals surface area contributed by atoms with Crippen LogP contribution in [0.2, 0.25) is 10.0 Å². The number of carbonyl (C=O) groups is 4. The summed E-state index contributed by atoms with van der Waals surface area (Å²) >= 11 is 11.9. The molecule has 0 unspecified atom stereocenters. The van der Waals surface area contributed by atoms with Gasteiger partial charge in [-0.1, -0.05) is 23.2 Å². The summed E-state index contributed by atoms with van der Waals surface area (Å²) in [5.74, 6) is -5.76. The average Bonchev–Trinajstić information content (AvgIpc) is 3.44. The second kappa shape index (κ2) is 10.6.